The van der Waals surface area contributed by atoms with Crippen LogP contribution in [0, 0.1) is 0 Å². The first kappa shape index (κ1) is 15.4. The number of H-pyrrole nitrogens is 1. The highest BCUT2D eigenvalue weighted by atomic mass is 16.2. The third-order valence-corrected chi connectivity index (χ3v) is 4.57. The lowest BCUT2D eigenvalue weighted by Crippen LogP contribution is -2.36. The Morgan fingerprint density at radius 3 is 2.40 bits per heavy atom. The lowest BCUT2D eigenvalue weighted by atomic mass is 10.1. The number of nitrogens with zero attached hydrogens (tertiary/aromatic N) is 2. The second-order valence-corrected chi connectivity index (χ2v) is 6.13. The number of rotatable bonds is 2. The molecule has 1 N–H and O–H groups in total. The largest absolute Gasteiger partial charge is 0.339 e. The average molecular weight is 335 g/mol. The Morgan fingerprint density at radius 2 is 1.60 bits per heavy atom. The topological polar surface area (TPSA) is 75.2 Å². The summed E-state index contributed by atoms with van der Waals surface area (Å²) in [5, 5.41) is 0.408. The van der Waals surface area contributed by atoms with Crippen molar-refractivity contribution in [1.82, 2.24) is 14.5 Å². The predicted molar refractivity (Wildman–Crippen MR) is 95.3 cm³/mol. The average Bonchev–Trinajstić information content (AvgIpc) is 3.16. The molecule has 0 aliphatic carbocycles. The molecular formula is C19H17N3O3. The van der Waals surface area contributed by atoms with Crippen molar-refractivity contribution in [2.45, 2.75) is 12.8 Å². The molecule has 1 aliphatic rings. The fourth-order valence-electron chi connectivity index (χ4n) is 3.32. The lowest BCUT2D eigenvalue weighted by molar-refractivity contribution is 0.0793. The molecule has 2 aromatic carbocycles. The number of amides is 1. The Balaban J connectivity index is 1.94. The number of para-hydroxylation sites is 2. The first-order chi connectivity index (χ1) is 12.2. The van der Waals surface area contributed by atoms with E-state index >= 15 is 0 Å². The molecule has 0 atom stereocenters. The van der Waals surface area contributed by atoms with Crippen LogP contribution in [0.1, 0.15) is 23.2 Å². The fourth-order valence-corrected chi connectivity index (χ4v) is 3.32. The van der Waals surface area contributed by atoms with Crippen molar-refractivity contribution in [3.05, 3.63) is 74.9 Å². The summed E-state index contributed by atoms with van der Waals surface area (Å²) in [4.78, 5) is 42.7. The van der Waals surface area contributed by atoms with Gasteiger partial charge in [0.2, 0.25) is 0 Å². The molecule has 1 aromatic heterocycles. The maximum absolute atomic E-state index is 12.9. The van der Waals surface area contributed by atoms with E-state index in [0.29, 0.717) is 35.2 Å². The Kier molecular flexibility index (Phi) is 3.72. The van der Waals surface area contributed by atoms with Crippen LogP contribution in [0.25, 0.3) is 16.6 Å². The number of likely N-dealkylation sites (tertiary alicyclic amines) is 1. The molecule has 4 rings (SSSR count). The Hall–Kier alpha value is -3.15. The number of hydrogen-bond acceptors (Lipinski definition) is 3. The zero-order valence-electron chi connectivity index (χ0n) is 13.6. The van der Waals surface area contributed by atoms with E-state index in [0.717, 1.165) is 17.4 Å². The van der Waals surface area contributed by atoms with E-state index in [1.54, 1.807) is 53.4 Å². The molecule has 126 valence electrons. The maximum atomic E-state index is 12.9. The molecule has 6 nitrogen and oxygen atoms in total. The summed E-state index contributed by atoms with van der Waals surface area (Å²) in [6.07, 6.45) is 1.95. The third-order valence-electron chi connectivity index (χ3n) is 4.57. The summed E-state index contributed by atoms with van der Waals surface area (Å²) in [5.74, 6) is -0.146. The molecule has 6 heteroatoms. The smallest absolute Gasteiger partial charge is 0.333 e. The van der Waals surface area contributed by atoms with Gasteiger partial charge in [-0.3, -0.25) is 9.59 Å². The number of carbonyl (C=O) groups excluding carboxylic acids is 1. The molecule has 0 radical (unpaired) electrons. The molecule has 2 heterocycles. The van der Waals surface area contributed by atoms with Crippen molar-refractivity contribution in [3.8, 4) is 5.69 Å². The monoisotopic (exact) mass is 335 g/mol. The first-order valence-corrected chi connectivity index (χ1v) is 8.29. The Labute approximate surface area is 143 Å². The summed E-state index contributed by atoms with van der Waals surface area (Å²) in [7, 11) is 0. The molecule has 1 saturated heterocycles. The zero-order chi connectivity index (χ0) is 17.4. The minimum Gasteiger partial charge on any atom is -0.339 e. The summed E-state index contributed by atoms with van der Waals surface area (Å²) in [6.45, 7) is 1.41. The molecule has 0 saturated carbocycles. The number of carbonyl (C=O) groups is 1. The van der Waals surface area contributed by atoms with Crippen molar-refractivity contribution in [1.29, 1.82) is 0 Å². The fraction of sp³-hybridized carbons (Fsp3) is 0.211. The van der Waals surface area contributed by atoms with Crippen LogP contribution in [-0.2, 0) is 0 Å². The minimum atomic E-state index is -0.551. The van der Waals surface area contributed by atoms with E-state index in [9.17, 15) is 14.4 Å². The van der Waals surface area contributed by atoms with Gasteiger partial charge in [-0.05, 0) is 37.1 Å². The van der Waals surface area contributed by atoms with Crippen molar-refractivity contribution in [3.63, 3.8) is 0 Å². The van der Waals surface area contributed by atoms with Gasteiger partial charge in [0.15, 0.2) is 0 Å². The van der Waals surface area contributed by atoms with Gasteiger partial charge < -0.3 is 9.88 Å². The summed E-state index contributed by atoms with van der Waals surface area (Å²) >= 11 is 0. The maximum Gasteiger partial charge on any atom is 0.333 e. The number of fused-ring (bicyclic) bond motifs is 1. The third kappa shape index (κ3) is 2.55. The van der Waals surface area contributed by atoms with Crippen molar-refractivity contribution in [2.75, 3.05) is 13.1 Å². The Bertz CT molecular complexity index is 1070. The molecule has 0 unspecified atom stereocenters. The highest BCUT2D eigenvalue weighted by molar-refractivity contribution is 5.98. The van der Waals surface area contributed by atoms with Gasteiger partial charge in [0.05, 0.1) is 22.2 Å². The molecule has 1 fully saturated rings. The number of hydrogen-bond donors (Lipinski definition) is 1. The van der Waals surface area contributed by atoms with Crippen molar-refractivity contribution < 1.29 is 4.79 Å². The van der Waals surface area contributed by atoms with Gasteiger partial charge in [0.1, 0.15) is 0 Å². The molecule has 0 bridgehead atoms. The Morgan fingerprint density at radius 1 is 0.920 bits per heavy atom. The molecule has 25 heavy (non-hydrogen) atoms. The van der Waals surface area contributed by atoms with Gasteiger partial charge in [0.25, 0.3) is 11.5 Å². The zero-order valence-corrected chi connectivity index (χ0v) is 13.6. The van der Waals surface area contributed by atoms with Gasteiger partial charge in [0, 0.05) is 13.1 Å². The molecule has 1 amide bonds. The number of aromatic nitrogens is 2. The van der Waals surface area contributed by atoms with Crippen LogP contribution in [0.2, 0.25) is 0 Å². The van der Waals surface area contributed by atoms with Crippen LogP contribution in [0.4, 0.5) is 0 Å². The summed E-state index contributed by atoms with van der Waals surface area (Å²) in [5.41, 5.74) is 0.187. The van der Waals surface area contributed by atoms with Crippen LogP contribution in [0.3, 0.4) is 0 Å². The first-order valence-electron chi connectivity index (χ1n) is 8.29. The molecule has 3 aromatic rings. The summed E-state index contributed by atoms with van der Waals surface area (Å²) < 4.78 is 1.05. The van der Waals surface area contributed by atoms with Crippen LogP contribution >= 0.6 is 0 Å². The van der Waals surface area contributed by atoms with E-state index in [2.05, 4.69) is 4.98 Å². The van der Waals surface area contributed by atoms with Gasteiger partial charge in [-0.2, -0.15) is 0 Å². The normalized spacial score (nSPS) is 14.2. The van der Waals surface area contributed by atoms with Gasteiger partial charge in [-0.1, -0.05) is 24.3 Å². The van der Waals surface area contributed by atoms with E-state index in [-0.39, 0.29) is 5.91 Å². The number of aromatic amines is 1. The molecular weight excluding hydrogens is 318 g/mol. The van der Waals surface area contributed by atoms with Crippen molar-refractivity contribution >= 4 is 16.8 Å². The standard InChI is InChI=1S/C19H17N3O3/c23-17(21-11-5-6-12-21)14-8-2-4-10-16(14)22-18(24)13-7-1-3-9-15(13)20-19(22)25/h1-4,7-10H,5-6,11-12H2,(H,20,25). The second-order valence-electron chi connectivity index (χ2n) is 6.13. The molecule has 0 spiro atoms. The van der Waals surface area contributed by atoms with E-state index in [1.165, 1.54) is 0 Å². The van der Waals surface area contributed by atoms with Crippen LogP contribution in [0.15, 0.2) is 58.1 Å². The summed E-state index contributed by atoms with van der Waals surface area (Å²) in [6, 6.07) is 13.6. The van der Waals surface area contributed by atoms with E-state index < -0.39 is 11.2 Å². The van der Waals surface area contributed by atoms with Crippen molar-refractivity contribution in [2.24, 2.45) is 0 Å². The lowest BCUT2D eigenvalue weighted by Gasteiger charge is -2.18. The van der Waals surface area contributed by atoms with Crippen LogP contribution in [0.5, 0.6) is 0 Å². The second kappa shape index (κ2) is 6.05. The number of nitrogens with one attached hydrogen (secondary N) is 1. The highest BCUT2D eigenvalue weighted by Gasteiger charge is 2.23. The van der Waals surface area contributed by atoms with Gasteiger partial charge in [-0.25, -0.2) is 9.36 Å². The highest BCUT2D eigenvalue weighted by Crippen LogP contribution is 2.18. The van der Waals surface area contributed by atoms with Gasteiger partial charge >= 0.3 is 5.69 Å². The molecule has 1 aliphatic heterocycles. The van der Waals surface area contributed by atoms with Gasteiger partial charge in [-0.15, -0.1) is 0 Å². The van der Waals surface area contributed by atoms with E-state index in [1.807, 2.05) is 0 Å². The number of benzene rings is 2. The van der Waals surface area contributed by atoms with Crippen LogP contribution in [-0.4, -0.2) is 33.4 Å². The predicted octanol–water partition coefficient (Wildman–Crippen LogP) is 1.92. The van der Waals surface area contributed by atoms with Crippen LogP contribution < -0.4 is 11.2 Å². The quantitative estimate of drug-likeness (QED) is 0.777. The minimum absolute atomic E-state index is 0.146. The SMILES string of the molecule is O=C(c1ccccc1-n1c(=O)[nH]c2ccccc2c1=O)N1CCCC1. The van der Waals surface area contributed by atoms with E-state index in [4.69, 9.17) is 0 Å².